The molecule has 1 heterocycles. The van der Waals surface area contributed by atoms with Crippen LogP contribution in [0.25, 0.3) is 5.69 Å². The Morgan fingerprint density at radius 3 is 2.83 bits per heavy atom. The first-order chi connectivity index (χ1) is 11.5. The summed E-state index contributed by atoms with van der Waals surface area (Å²) in [6.07, 6.45) is 1.52. The van der Waals surface area contributed by atoms with E-state index in [9.17, 15) is 9.59 Å². The van der Waals surface area contributed by atoms with Gasteiger partial charge in [0, 0.05) is 6.54 Å². The first-order valence-electron chi connectivity index (χ1n) is 7.18. The largest absolute Gasteiger partial charge is 0.334 e. The molecule has 1 aromatic carbocycles. The van der Waals surface area contributed by atoms with Gasteiger partial charge in [-0.1, -0.05) is 23.9 Å². The van der Waals surface area contributed by atoms with Crippen molar-refractivity contribution >= 4 is 23.7 Å². The van der Waals surface area contributed by atoms with E-state index in [2.05, 4.69) is 32.7 Å². The average Bonchev–Trinajstić information content (AvgIpc) is 3.02. The minimum Gasteiger partial charge on any atom is -0.334 e. The van der Waals surface area contributed by atoms with Crippen LogP contribution in [0.5, 0.6) is 0 Å². The van der Waals surface area contributed by atoms with Gasteiger partial charge in [-0.15, -0.1) is 11.7 Å². The van der Waals surface area contributed by atoms with E-state index in [0.717, 1.165) is 23.0 Å². The highest BCUT2D eigenvalue weighted by Gasteiger charge is 2.13. The highest BCUT2D eigenvalue weighted by atomic mass is 32.2. The SMILES string of the molecule is C=CCNC(=O)NC(=O)CSc1nnnn1-c1ccc(C)c(C)c1. The topological polar surface area (TPSA) is 102 Å². The quantitative estimate of drug-likeness (QED) is 0.605. The summed E-state index contributed by atoms with van der Waals surface area (Å²) >= 11 is 1.15. The minimum atomic E-state index is -0.561. The maximum Gasteiger partial charge on any atom is 0.321 e. The number of amides is 3. The van der Waals surface area contributed by atoms with Crippen LogP contribution in [0.2, 0.25) is 0 Å². The molecular weight excluding hydrogens is 328 g/mol. The van der Waals surface area contributed by atoms with E-state index in [1.165, 1.54) is 11.6 Å². The molecule has 8 nitrogen and oxygen atoms in total. The Labute approximate surface area is 143 Å². The van der Waals surface area contributed by atoms with E-state index < -0.39 is 11.9 Å². The number of carbonyl (C=O) groups excluding carboxylic acids is 2. The predicted octanol–water partition coefficient (Wildman–Crippen LogP) is 1.38. The van der Waals surface area contributed by atoms with Gasteiger partial charge < -0.3 is 5.32 Å². The van der Waals surface area contributed by atoms with E-state index in [4.69, 9.17) is 0 Å². The summed E-state index contributed by atoms with van der Waals surface area (Å²) in [7, 11) is 0. The van der Waals surface area contributed by atoms with Crippen molar-refractivity contribution in [2.45, 2.75) is 19.0 Å². The van der Waals surface area contributed by atoms with Gasteiger partial charge in [0.2, 0.25) is 11.1 Å². The number of urea groups is 1. The molecule has 126 valence electrons. The molecule has 24 heavy (non-hydrogen) atoms. The average molecular weight is 346 g/mol. The number of tetrazole rings is 1. The zero-order valence-corrected chi connectivity index (χ0v) is 14.3. The molecule has 2 rings (SSSR count). The highest BCUT2D eigenvalue weighted by Crippen LogP contribution is 2.19. The molecule has 2 aromatic rings. The number of aryl methyl sites for hydroxylation is 2. The van der Waals surface area contributed by atoms with Crippen LogP contribution in [-0.2, 0) is 4.79 Å². The van der Waals surface area contributed by atoms with E-state index >= 15 is 0 Å². The van der Waals surface area contributed by atoms with E-state index in [-0.39, 0.29) is 12.3 Å². The van der Waals surface area contributed by atoms with Crippen LogP contribution >= 0.6 is 11.8 Å². The van der Waals surface area contributed by atoms with Crippen molar-refractivity contribution in [1.82, 2.24) is 30.8 Å². The molecule has 0 aliphatic carbocycles. The van der Waals surface area contributed by atoms with Crippen LogP contribution in [0.4, 0.5) is 4.79 Å². The number of carbonyl (C=O) groups is 2. The summed E-state index contributed by atoms with van der Waals surface area (Å²) in [5.74, 6) is -0.414. The second-order valence-corrected chi connectivity index (χ2v) is 5.92. The smallest absolute Gasteiger partial charge is 0.321 e. The van der Waals surface area contributed by atoms with Gasteiger partial charge in [-0.2, -0.15) is 4.68 Å². The first-order valence-corrected chi connectivity index (χ1v) is 8.17. The number of hydrogen-bond acceptors (Lipinski definition) is 6. The molecule has 0 radical (unpaired) electrons. The van der Waals surface area contributed by atoms with Gasteiger partial charge in [0.1, 0.15) is 0 Å². The maximum atomic E-state index is 11.8. The van der Waals surface area contributed by atoms with E-state index in [1.54, 1.807) is 4.68 Å². The summed E-state index contributed by atoms with van der Waals surface area (Å²) in [4.78, 5) is 23.1. The monoisotopic (exact) mass is 346 g/mol. The zero-order chi connectivity index (χ0) is 17.5. The van der Waals surface area contributed by atoms with Gasteiger partial charge in [0.15, 0.2) is 0 Å². The van der Waals surface area contributed by atoms with Crippen molar-refractivity contribution in [1.29, 1.82) is 0 Å². The van der Waals surface area contributed by atoms with Crippen molar-refractivity contribution in [3.05, 3.63) is 42.0 Å². The standard InChI is InChI=1S/C15H18N6O2S/c1-4-7-16-14(23)17-13(22)9-24-15-18-19-20-21(15)12-6-5-10(2)11(3)8-12/h4-6,8H,1,7,9H2,2-3H3,(H2,16,17,22,23). The van der Waals surface area contributed by atoms with Crippen LogP contribution < -0.4 is 10.6 Å². The third-order valence-corrected chi connectivity index (χ3v) is 4.09. The molecule has 0 unspecified atom stereocenters. The molecule has 0 saturated heterocycles. The Bertz CT molecular complexity index is 758. The molecule has 0 bridgehead atoms. The maximum absolute atomic E-state index is 11.8. The summed E-state index contributed by atoms with van der Waals surface area (Å²) in [6.45, 7) is 7.79. The Balaban J connectivity index is 1.98. The molecule has 1 aromatic heterocycles. The van der Waals surface area contributed by atoms with Crippen LogP contribution in [0.15, 0.2) is 36.0 Å². The van der Waals surface area contributed by atoms with Crippen molar-refractivity contribution in [3.8, 4) is 5.69 Å². The van der Waals surface area contributed by atoms with Gasteiger partial charge in [-0.3, -0.25) is 10.1 Å². The molecule has 9 heteroatoms. The van der Waals surface area contributed by atoms with Crippen LogP contribution in [0.3, 0.4) is 0 Å². The van der Waals surface area contributed by atoms with E-state index in [0.29, 0.717) is 5.16 Å². The Morgan fingerprint density at radius 2 is 2.12 bits per heavy atom. The minimum absolute atomic E-state index is 0.0206. The number of rotatable bonds is 6. The number of aromatic nitrogens is 4. The lowest BCUT2D eigenvalue weighted by Crippen LogP contribution is -2.40. The van der Waals surface area contributed by atoms with Crippen LogP contribution in [0, 0.1) is 13.8 Å². The molecule has 0 aliphatic rings. The number of benzene rings is 1. The second kappa shape index (κ2) is 8.25. The van der Waals surface area contributed by atoms with Crippen molar-refractivity contribution in [2.24, 2.45) is 0 Å². The highest BCUT2D eigenvalue weighted by molar-refractivity contribution is 7.99. The Morgan fingerprint density at radius 1 is 1.33 bits per heavy atom. The normalized spacial score (nSPS) is 10.2. The molecule has 0 atom stereocenters. The molecule has 0 spiro atoms. The zero-order valence-electron chi connectivity index (χ0n) is 13.4. The summed E-state index contributed by atoms with van der Waals surface area (Å²) in [5, 5.41) is 16.7. The molecule has 0 fully saturated rings. The van der Waals surface area contributed by atoms with E-state index in [1.807, 2.05) is 32.0 Å². The third kappa shape index (κ3) is 4.66. The lowest BCUT2D eigenvalue weighted by atomic mass is 10.1. The molecule has 0 aliphatic heterocycles. The van der Waals surface area contributed by atoms with Crippen LogP contribution in [0.1, 0.15) is 11.1 Å². The van der Waals surface area contributed by atoms with Gasteiger partial charge in [0.05, 0.1) is 11.4 Å². The third-order valence-electron chi connectivity index (χ3n) is 3.17. The van der Waals surface area contributed by atoms with Crippen LogP contribution in [-0.4, -0.2) is 44.4 Å². The Hall–Kier alpha value is -2.68. The number of nitrogens with one attached hydrogen (secondary N) is 2. The van der Waals surface area contributed by atoms with Crippen molar-refractivity contribution in [2.75, 3.05) is 12.3 Å². The number of nitrogens with zero attached hydrogens (tertiary/aromatic N) is 4. The fourth-order valence-electron chi connectivity index (χ4n) is 1.79. The summed E-state index contributed by atoms with van der Waals surface area (Å²) in [6, 6.07) is 5.30. The summed E-state index contributed by atoms with van der Waals surface area (Å²) in [5.41, 5.74) is 3.11. The van der Waals surface area contributed by atoms with Crippen molar-refractivity contribution in [3.63, 3.8) is 0 Å². The lowest BCUT2D eigenvalue weighted by molar-refractivity contribution is -0.117. The molecule has 0 saturated carbocycles. The van der Waals surface area contributed by atoms with Crippen molar-refractivity contribution < 1.29 is 9.59 Å². The number of imide groups is 1. The molecular formula is C15H18N6O2S. The Kier molecular flexibility index (Phi) is 6.07. The second-order valence-electron chi connectivity index (χ2n) is 4.98. The molecule has 2 N–H and O–H groups in total. The lowest BCUT2D eigenvalue weighted by Gasteiger charge is -2.07. The fraction of sp³-hybridized carbons (Fsp3) is 0.267. The number of hydrogen-bond donors (Lipinski definition) is 2. The fourth-order valence-corrected chi connectivity index (χ4v) is 2.48. The number of thioether (sulfide) groups is 1. The van der Waals surface area contributed by atoms with Gasteiger partial charge in [-0.25, -0.2) is 4.79 Å². The van der Waals surface area contributed by atoms with Gasteiger partial charge >= 0.3 is 6.03 Å². The summed E-state index contributed by atoms with van der Waals surface area (Å²) < 4.78 is 1.56. The first kappa shape index (κ1) is 17.7. The predicted molar refractivity (Wildman–Crippen MR) is 91.1 cm³/mol. The molecule has 3 amide bonds. The van der Waals surface area contributed by atoms with Gasteiger partial charge in [-0.05, 0) is 47.5 Å². The van der Waals surface area contributed by atoms with Gasteiger partial charge in [0.25, 0.3) is 0 Å².